The molecule has 0 saturated heterocycles. The molecule has 0 radical (unpaired) electrons. The van der Waals surface area contributed by atoms with E-state index in [2.05, 4.69) is 15.6 Å². The Morgan fingerprint density at radius 2 is 2.17 bits per heavy atom. The predicted octanol–water partition coefficient (Wildman–Crippen LogP) is 1.81. The van der Waals surface area contributed by atoms with Crippen molar-refractivity contribution in [2.45, 2.75) is 6.54 Å². The first kappa shape index (κ1) is 11.2. The van der Waals surface area contributed by atoms with Gasteiger partial charge in [0.15, 0.2) is 11.5 Å². The summed E-state index contributed by atoms with van der Waals surface area (Å²) < 4.78 is 12.2. The minimum absolute atomic E-state index is 0.235. The van der Waals surface area contributed by atoms with Crippen LogP contribution in [0.5, 0.6) is 11.5 Å². The van der Waals surface area contributed by atoms with Crippen molar-refractivity contribution >= 4 is 17.3 Å². The normalized spacial score (nSPS) is 12.8. The van der Waals surface area contributed by atoms with Crippen LogP contribution in [-0.2, 0) is 13.6 Å². The number of aryl methyl sites for hydroxylation is 1. The molecule has 0 unspecified atom stereocenters. The summed E-state index contributed by atoms with van der Waals surface area (Å²) in [5.74, 6) is 1.37. The van der Waals surface area contributed by atoms with Crippen LogP contribution in [0.3, 0.4) is 0 Å². The molecule has 0 amide bonds. The lowest BCUT2D eigenvalue weighted by atomic mass is 10.2. The van der Waals surface area contributed by atoms with E-state index >= 15 is 0 Å². The van der Waals surface area contributed by atoms with Gasteiger partial charge >= 0.3 is 0 Å². The first-order chi connectivity index (χ1) is 8.72. The summed E-state index contributed by atoms with van der Waals surface area (Å²) in [6, 6.07) is 3.56. The Balaban J connectivity index is 1.76. The second-order valence-corrected chi connectivity index (χ2v) is 4.33. The molecular formula is C11H11ClN4O2. The smallest absolute Gasteiger partial charge is 0.231 e. The van der Waals surface area contributed by atoms with Crippen LogP contribution in [0.1, 0.15) is 5.69 Å². The Morgan fingerprint density at radius 3 is 2.89 bits per heavy atom. The number of hydrogen-bond acceptors (Lipinski definition) is 5. The van der Waals surface area contributed by atoms with E-state index in [0.717, 1.165) is 11.4 Å². The fraction of sp³-hybridized carbons (Fsp3) is 0.273. The van der Waals surface area contributed by atoms with E-state index in [-0.39, 0.29) is 6.79 Å². The van der Waals surface area contributed by atoms with Gasteiger partial charge in [-0.15, -0.1) is 5.10 Å². The fourth-order valence-electron chi connectivity index (χ4n) is 1.71. The molecule has 0 atom stereocenters. The molecule has 0 saturated carbocycles. The second kappa shape index (κ2) is 4.38. The zero-order valence-electron chi connectivity index (χ0n) is 9.68. The number of ether oxygens (including phenoxy) is 2. The van der Waals surface area contributed by atoms with Crippen molar-refractivity contribution in [3.63, 3.8) is 0 Å². The molecule has 2 heterocycles. The Hall–Kier alpha value is -1.95. The molecule has 1 aromatic carbocycles. The lowest BCUT2D eigenvalue weighted by Gasteiger charge is -2.07. The molecule has 1 aromatic heterocycles. The maximum atomic E-state index is 6.14. The Kier molecular flexibility index (Phi) is 2.71. The van der Waals surface area contributed by atoms with E-state index in [1.165, 1.54) is 0 Å². The number of nitrogens with zero attached hydrogens (tertiary/aromatic N) is 3. The first-order valence-electron chi connectivity index (χ1n) is 5.40. The number of hydrogen-bond donors (Lipinski definition) is 1. The highest BCUT2D eigenvalue weighted by Gasteiger charge is 2.16. The third-order valence-corrected chi connectivity index (χ3v) is 2.89. The molecular weight excluding hydrogens is 256 g/mol. The fourth-order valence-corrected chi connectivity index (χ4v) is 1.94. The first-order valence-corrected chi connectivity index (χ1v) is 5.78. The van der Waals surface area contributed by atoms with E-state index in [9.17, 15) is 0 Å². The van der Waals surface area contributed by atoms with Gasteiger partial charge in [0.25, 0.3) is 0 Å². The van der Waals surface area contributed by atoms with Crippen LogP contribution in [0.2, 0.25) is 5.02 Å². The highest BCUT2D eigenvalue weighted by molar-refractivity contribution is 6.33. The molecule has 0 fully saturated rings. The van der Waals surface area contributed by atoms with Gasteiger partial charge in [-0.3, -0.25) is 4.68 Å². The third-order valence-electron chi connectivity index (χ3n) is 2.57. The number of aromatic nitrogens is 3. The van der Waals surface area contributed by atoms with Gasteiger partial charge in [-0.2, -0.15) is 0 Å². The van der Waals surface area contributed by atoms with Gasteiger partial charge in [0.2, 0.25) is 6.79 Å². The maximum Gasteiger partial charge on any atom is 0.231 e. The van der Waals surface area contributed by atoms with Gasteiger partial charge in [0, 0.05) is 25.4 Å². The average Bonchev–Trinajstić information content (AvgIpc) is 2.94. The van der Waals surface area contributed by atoms with E-state index in [0.29, 0.717) is 23.1 Å². The number of rotatable bonds is 3. The van der Waals surface area contributed by atoms with Crippen LogP contribution >= 0.6 is 11.6 Å². The zero-order chi connectivity index (χ0) is 12.5. The van der Waals surface area contributed by atoms with E-state index in [1.807, 2.05) is 19.3 Å². The number of nitrogens with one attached hydrogen (secondary N) is 1. The lowest BCUT2D eigenvalue weighted by molar-refractivity contribution is 0.174. The van der Waals surface area contributed by atoms with E-state index < -0.39 is 0 Å². The molecule has 7 heteroatoms. The summed E-state index contributed by atoms with van der Waals surface area (Å²) in [6.07, 6.45) is 1.84. The monoisotopic (exact) mass is 266 g/mol. The summed E-state index contributed by atoms with van der Waals surface area (Å²) in [5, 5.41) is 11.6. The number of benzene rings is 1. The van der Waals surface area contributed by atoms with Crippen LogP contribution in [-0.4, -0.2) is 21.8 Å². The molecule has 0 bridgehead atoms. The molecule has 3 rings (SSSR count). The van der Waals surface area contributed by atoms with Gasteiger partial charge in [-0.1, -0.05) is 16.8 Å². The van der Waals surface area contributed by atoms with Crippen molar-refractivity contribution in [2.75, 3.05) is 12.1 Å². The van der Waals surface area contributed by atoms with E-state index in [1.54, 1.807) is 10.7 Å². The number of halogens is 1. The van der Waals surface area contributed by atoms with Gasteiger partial charge in [-0.25, -0.2) is 0 Å². The van der Waals surface area contributed by atoms with Crippen LogP contribution in [0.4, 0.5) is 5.69 Å². The summed E-state index contributed by atoms with van der Waals surface area (Å²) in [7, 11) is 1.82. The molecule has 0 aliphatic carbocycles. The minimum Gasteiger partial charge on any atom is -0.454 e. The molecule has 94 valence electrons. The third kappa shape index (κ3) is 2.06. The van der Waals surface area contributed by atoms with Crippen molar-refractivity contribution in [1.29, 1.82) is 0 Å². The summed E-state index contributed by atoms with van der Waals surface area (Å²) in [4.78, 5) is 0. The summed E-state index contributed by atoms with van der Waals surface area (Å²) in [5.41, 5.74) is 1.62. The maximum absolute atomic E-state index is 6.14. The Labute approximate surface area is 108 Å². The summed E-state index contributed by atoms with van der Waals surface area (Å²) in [6.45, 7) is 0.784. The van der Waals surface area contributed by atoms with Gasteiger partial charge in [0.05, 0.1) is 17.3 Å². The van der Waals surface area contributed by atoms with Gasteiger partial charge < -0.3 is 14.8 Å². The predicted molar refractivity (Wildman–Crippen MR) is 65.9 cm³/mol. The topological polar surface area (TPSA) is 61.2 Å². The van der Waals surface area contributed by atoms with Crippen LogP contribution in [0.15, 0.2) is 18.3 Å². The zero-order valence-corrected chi connectivity index (χ0v) is 10.4. The lowest BCUT2D eigenvalue weighted by Crippen LogP contribution is -2.00. The summed E-state index contributed by atoms with van der Waals surface area (Å²) >= 11 is 6.14. The number of anilines is 1. The molecule has 1 aliphatic rings. The van der Waals surface area contributed by atoms with Crippen molar-refractivity contribution < 1.29 is 9.47 Å². The van der Waals surface area contributed by atoms with E-state index in [4.69, 9.17) is 21.1 Å². The minimum atomic E-state index is 0.235. The molecule has 1 aliphatic heterocycles. The Bertz CT molecular complexity index is 584. The highest BCUT2D eigenvalue weighted by Crippen LogP contribution is 2.39. The standard InChI is InChI=1S/C11H11ClN4O2/c1-16-5-7(14-15-16)4-13-9-3-11-10(2-8(9)12)17-6-18-11/h2-3,5,13H,4,6H2,1H3. The molecule has 6 nitrogen and oxygen atoms in total. The Morgan fingerprint density at radius 1 is 1.39 bits per heavy atom. The van der Waals surface area contributed by atoms with Crippen LogP contribution in [0, 0.1) is 0 Å². The van der Waals surface area contributed by atoms with Crippen molar-refractivity contribution in [3.8, 4) is 11.5 Å². The quantitative estimate of drug-likeness (QED) is 0.918. The number of fused-ring (bicyclic) bond motifs is 1. The van der Waals surface area contributed by atoms with Gasteiger partial charge in [-0.05, 0) is 0 Å². The van der Waals surface area contributed by atoms with Crippen molar-refractivity contribution in [2.24, 2.45) is 7.05 Å². The molecule has 0 spiro atoms. The molecule has 1 N–H and O–H groups in total. The molecule has 18 heavy (non-hydrogen) atoms. The van der Waals surface area contributed by atoms with Crippen molar-refractivity contribution in [1.82, 2.24) is 15.0 Å². The van der Waals surface area contributed by atoms with Gasteiger partial charge in [0.1, 0.15) is 5.69 Å². The largest absolute Gasteiger partial charge is 0.454 e. The molecule has 2 aromatic rings. The van der Waals surface area contributed by atoms with Crippen LogP contribution < -0.4 is 14.8 Å². The SMILES string of the molecule is Cn1cc(CNc2cc3c(cc2Cl)OCO3)nn1. The average molecular weight is 267 g/mol. The van der Waals surface area contributed by atoms with Crippen molar-refractivity contribution in [3.05, 3.63) is 29.0 Å². The second-order valence-electron chi connectivity index (χ2n) is 3.92. The highest BCUT2D eigenvalue weighted by atomic mass is 35.5. The van der Waals surface area contributed by atoms with Crippen LogP contribution in [0.25, 0.3) is 0 Å².